The number of carbonyl (C=O) groups is 2. The molecule has 1 aliphatic rings. The molecule has 2 N–H and O–H groups in total. The van der Waals surface area contributed by atoms with Gasteiger partial charge in [0.1, 0.15) is 12.4 Å². The summed E-state index contributed by atoms with van der Waals surface area (Å²) in [5.41, 5.74) is 3.28. The van der Waals surface area contributed by atoms with Crippen LogP contribution in [0.4, 0.5) is 16.2 Å². The molecule has 0 aliphatic carbocycles. The third-order valence-electron chi connectivity index (χ3n) is 4.29. The summed E-state index contributed by atoms with van der Waals surface area (Å²) < 4.78 is 11.1. The van der Waals surface area contributed by atoms with Gasteiger partial charge in [0, 0.05) is 5.69 Å². The lowest BCUT2D eigenvalue weighted by molar-refractivity contribution is 0.102. The van der Waals surface area contributed by atoms with E-state index in [0.29, 0.717) is 28.4 Å². The Bertz CT molecular complexity index is 1050. The van der Waals surface area contributed by atoms with Gasteiger partial charge in [-0.1, -0.05) is 36.4 Å². The summed E-state index contributed by atoms with van der Waals surface area (Å²) >= 11 is 0. The lowest BCUT2D eigenvalue weighted by Crippen LogP contribution is -2.15. The topological polar surface area (TPSA) is 76.7 Å². The number of hydrogen-bond acceptors (Lipinski definition) is 4. The van der Waals surface area contributed by atoms with E-state index < -0.39 is 6.09 Å². The zero-order valence-electron chi connectivity index (χ0n) is 15.2. The van der Waals surface area contributed by atoms with Crippen molar-refractivity contribution in [3.63, 3.8) is 0 Å². The summed E-state index contributed by atoms with van der Waals surface area (Å²) in [4.78, 5) is 24.6. The van der Waals surface area contributed by atoms with Gasteiger partial charge in [0.25, 0.3) is 5.91 Å². The van der Waals surface area contributed by atoms with Crippen LogP contribution in [0.1, 0.15) is 21.5 Å². The van der Waals surface area contributed by atoms with Crippen molar-refractivity contribution in [3.05, 3.63) is 83.4 Å². The Kier molecular flexibility index (Phi) is 4.68. The predicted molar refractivity (Wildman–Crippen MR) is 106 cm³/mol. The van der Waals surface area contributed by atoms with E-state index in [1.165, 1.54) is 0 Å². The Morgan fingerprint density at radius 2 is 1.82 bits per heavy atom. The Labute approximate surface area is 162 Å². The number of nitrogens with one attached hydrogen (secondary N) is 2. The third kappa shape index (κ3) is 3.81. The second-order valence-corrected chi connectivity index (χ2v) is 6.45. The minimum Gasteiger partial charge on any atom is -0.454 e. The lowest BCUT2D eigenvalue weighted by Gasteiger charge is -2.10. The predicted octanol–water partition coefficient (Wildman–Crippen LogP) is 5.10. The summed E-state index contributed by atoms with van der Waals surface area (Å²) in [6.07, 6.45) is -0.599. The van der Waals surface area contributed by atoms with Crippen molar-refractivity contribution < 1.29 is 19.1 Å². The molecule has 1 aliphatic heterocycles. The Balaban J connectivity index is 1.48. The summed E-state index contributed by atoms with van der Waals surface area (Å²) in [7, 11) is 0. The summed E-state index contributed by atoms with van der Waals surface area (Å²) in [6.45, 7) is 2.10. The maximum Gasteiger partial charge on any atom is 0.411 e. The maximum atomic E-state index is 12.6. The second kappa shape index (κ2) is 7.44. The molecule has 0 unspecified atom stereocenters. The van der Waals surface area contributed by atoms with Gasteiger partial charge in [0.2, 0.25) is 0 Å². The van der Waals surface area contributed by atoms with Crippen LogP contribution < -0.4 is 15.4 Å². The highest BCUT2D eigenvalue weighted by atomic mass is 16.5. The molecule has 28 heavy (non-hydrogen) atoms. The molecule has 0 radical (unpaired) electrons. The van der Waals surface area contributed by atoms with E-state index in [0.717, 1.165) is 11.1 Å². The van der Waals surface area contributed by atoms with Gasteiger partial charge >= 0.3 is 6.09 Å². The van der Waals surface area contributed by atoms with Gasteiger partial charge in [-0.2, -0.15) is 0 Å². The lowest BCUT2D eigenvalue weighted by atomic mass is 10.1. The number of rotatable bonds is 3. The summed E-state index contributed by atoms with van der Waals surface area (Å²) in [6, 6.07) is 19.8. The molecule has 2 amide bonds. The van der Waals surface area contributed by atoms with Gasteiger partial charge in [-0.15, -0.1) is 0 Å². The van der Waals surface area contributed by atoms with Crippen LogP contribution in [-0.2, 0) is 11.3 Å². The number of anilines is 2. The number of amides is 2. The van der Waals surface area contributed by atoms with Crippen LogP contribution in [0.2, 0.25) is 0 Å². The molecule has 0 aromatic heterocycles. The Morgan fingerprint density at radius 1 is 1.04 bits per heavy atom. The fraction of sp³-hybridized carbons (Fsp3) is 0.0909. The molecule has 0 saturated carbocycles. The largest absolute Gasteiger partial charge is 0.454 e. The average Bonchev–Trinajstić information content (AvgIpc) is 2.83. The molecule has 4 rings (SSSR count). The molecule has 0 spiro atoms. The Morgan fingerprint density at radius 3 is 2.64 bits per heavy atom. The van der Waals surface area contributed by atoms with Gasteiger partial charge in [-0.3, -0.25) is 10.1 Å². The van der Waals surface area contributed by atoms with E-state index in [4.69, 9.17) is 9.47 Å². The first kappa shape index (κ1) is 17.6. The number of hydrogen-bond donors (Lipinski definition) is 2. The molecule has 140 valence electrons. The smallest absolute Gasteiger partial charge is 0.411 e. The van der Waals surface area contributed by atoms with Crippen molar-refractivity contribution >= 4 is 23.4 Å². The van der Waals surface area contributed by atoms with E-state index >= 15 is 0 Å². The first-order valence-electron chi connectivity index (χ1n) is 8.80. The molecule has 1 heterocycles. The van der Waals surface area contributed by atoms with E-state index in [-0.39, 0.29) is 12.5 Å². The molecule has 6 heteroatoms. The fourth-order valence-electron chi connectivity index (χ4n) is 2.89. The van der Waals surface area contributed by atoms with Crippen LogP contribution >= 0.6 is 0 Å². The van der Waals surface area contributed by atoms with Gasteiger partial charge in [-0.25, -0.2) is 4.79 Å². The van der Waals surface area contributed by atoms with E-state index in [1.807, 2.05) is 55.5 Å². The highest BCUT2D eigenvalue weighted by Gasteiger charge is 2.21. The van der Waals surface area contributed by atoms with Crippen molar-refractivity contribution in [1.82, 2.24) is 0 Å². The van der Waals surface area contributed by atoms with Crippen molar-refractivity contribution in [2.45, 2.75) is 13.5 Å². The van der Waals surface area contributed by atoms with Crippen molar-refractivity contribution in [3.8, 4) is 11.5 Å². The molecule has 0 fully saturated rings. The highest BCUT2D eigenvalue weighted by Crippen LogP contribution is 2.37. The number of aryl methyl sites for hydroxylation is 1. The number of fused-ring (bicyclic) bond motifs is 2. The molecule has 0 bridgehead atoms. The molecule has 3 aromatic carbocycles. The zero-order chi connectivity index (χ0) is 19.5. The average molecular weight is 374 g/mol. The molecule has 0 saturated heterocycles. The number of carbonyl (C=O) groups excluding carboxylic acids is 2. The molecule has 3 aromatic rings. The first-order valence-corrected chi connectivity index (χ1v) is 8.80. The molecular weight excluding hydrogens is 356 g/mol. The monoisotopic (exact) mass is 374 g/mol. The maximum absolute atomic E-state index is 12.6. The first-order chi connectivity index (χ1) is 13.6. The quantitative estimate of drug-likeness (QED) is 0.668. The van der Waals surface area contributed by atoms with Crippen LogP contribution in [0.3, 0.4) is 0 Å². The normalized spacial score (nSPS) is 12.0. The minimum atomic E-state index is -0.599. The number of ether oxygens (including phenoxy) is 2. The van der Waals surface area contributed by atoms with Crippen LogP contribution in [0.15, 0.2) is 66.7 Å². The summed E-state index contributed by atoms with van der Waals surface area (Å²) in [5.74, 6) is 0.685. The molecule has 6 nitrogen and oxygen atoms in total. The van der Waals surface area contributed by atoms with Crippen LogP contribution in [0.5, 0.6) is 11.5 Å². The second-order valence-electron chi connectivity index (χ2n) is 6.45. The summed E-state index contributed by atoms with van der Waals surface area (Å²) in [5, 5.41) is 5.48. The van der Waals surface area contributed by atoms with Crippen molar-refractivity contribution in [2.75, 3.05) is 10.6 Å². The van der Waals surface area contributed by atoms with Gasteiger partial charge in [-0.05, 0) is 48.4 Å². The number of benzene rings is 3. The van der Waals surface area contributed by atoms with E-state index in [1.54, 1.807) is 18.2 Å². The van der Waals surface area contributed by atoms with E-state index in [2.05, 4.69) is 10.6 Å². The van der Waals surface area contributed by atoms with E-state index in [9.17, 15) is 9.59 Å². The molecule has 0 atom stereocenters. The highest BCUT2D eigenvalue weighted by molar-refractivity contribution is 6.08. The van der Waals surface area contributed by atoms with Crippen molar-refractivity contribution in [1.29, 1.82) is 0 Å². The fourth-order valence-corrected chi connectivity index (χ4v) is 2.89. The zero-order valence-corrected chi connectivity index (χ0v) is 15.2. The minimum absolute atomic E-state index is 0.163. The SMILES string of the molecule is Cc1ccc2c(c1)NC(=O)c1cc(NC(=O)OCc3ccccc3)ccc1O2. The van der Waals surface area contributed by atoms with Gasteiger partial charge < -0.3 is 14.8 Å². The van der Waals surface area contributed by atoms with Crippen LogP contribution in [0, 0.1) is 6.92 Å². The van der Waals surface area contributed by atoms with Crippen LogP contribution in [0.25, 0.3) is 0 Å². The standard InChI is InChI=1S/C22H18N2O4/c1-14-7-9-20-18(11-14)24-21(25)17-12-16(8-10-19(17)28-20)23-22(26)27-13-15-5-3-2-4-6-15/h2-12H,13H2,1H3,(H,23,26)(H,24,25). The molecular formula is C22H18N2O4. The van der Waals surface area contributed by atoms with Crippen molar-refractivity contribution in [2.24, 2.45) is 0 Å². The Hall–Kier alpha value is -3.80. The van der Waals surface area contributed by atoms with Crippen LogP contribution in [-0.4, -0.2) is 12.0 Å². The van der Waals surface area contributed by atoms with Gasteiger partial charge in [0.05, 0.1) is 11.3 Å². The third-order valence-corrected chi connectivity index (χ3v) is 4.29. The van der Waals surface area contributed by atoms with Gasteiger partial charge in [0.15, 0.2) is 5.75 Å².